The topological polar surface area (TPSA) is 55.9 Å². The number of nitrogen functional groups attached to an aromatic ring is 1. The van der Waals surface area contributed by atoms with E-state index in [1.165, 1.54) is 19.3 Å². The maximum Gasteiger partial charge on any atom is 0.147 e. The molecule has 1 saturated carbocycles. The summed E-state index contributed by atoms with van der Waals surface area (Å²) in [4.78, 5) is 0. The molecule has 0 aromatic carbocycles. The van der Waals surface area contributed by atoms with Gasteiger partial charge in [-0.05, 0) is 26.2 Å². The summed E-state index contributed by atoms with van der Waals surface area (Å²) in [7, 11) is 1.92. The molecule has 0 atom stereocenters. The van der Waals surface area contributed by atoms with Crippen LogP contribution in [0.2, 0.25) is 0 Å². The molecule has 3 N–H and O–H groups in total. The molecule has 4 heteroatoms. The van der Waals surface area contributed by atoms with Gasteiger partial charge in [0.05, 0.1) is 11.4 Å². The number of nitrogens with two attached hydrogens (primary N) is 1. The summed E-state index contributed by atoms with van der Waals surface area (Å²) >= 11 is 0. The highest BCUT2D eigenvalue weighted by molar-refractivity contribution is 5.65. The summed E-state index contributed by atoms with van der Waals surface area (Å²) in [6.07, 6.45) is 3.84. The van der Waals surface area contributed by atoms with Crippen molar-refractivity contribution in [2.24, 2.45) is 7.05 Å². The fourth-order valence-corrected chi connectivity index (χ4v) is 1.59. The molecule has 1 heterocycles. The second-order valence-corrected chi connectivity index (χ2v) is 3.74. The molecular weight excluding hydrogens is 164 g/mol. The SMILES string of the molecule is Cc1nn(C)c(NC2CCC2)c1N. The summed E-state index contributed by atoms with van der Waals surface area (Å²) < 4.78 is 1.82. The highest BCUT2D eigenvalue weighted by Gasteiger charge is 2.20. The van der Waals surface area contributed by atoms with Crippen molar-refractivity contribution in [1.29, 1.82) is 0 Å². The molecule has 0 unspecified atom stereocenters. The first kappa shape index (κ1) is 8.41. The van der Waals surface area contributed by atoms with Crippen LogP contribution in [0.15, 0.2) is 0 Å². The molecule has 0 amide bonds. The van der Waals surface area contributed by atoms with Gasteiger partial charge in [0.2, 0.25) is 0 Å². The molecule has 1 aliphatic rings. The van der Waals surface area contributed by atoms with Gasteiger partial charge in [-0.1, -0.05) is 0 Å². The predicted molar refractivity (Wildman–Crippen MR) is 53.6 cm³/mol. The number of aryl methyl sites for hydroxylation is 2. The van der Waals surface area contributed by atoms with Crippen LogP contribution < -0.4 is 11.1 Å². The first-order valence-electron chi connectivity index (χ1n) is 4.74. The van der Waals surface area contributed by atoms with Gasteiger partial charge in [0, 0.05) is 13.1 Å². The van der Waals surface area contributed by atoms with E-state index in [1.54, 1.807) is 0 Å². The fourth-order valence-electron chi connectivity index (χ4n) is 1.59. The average Bonchev–Trinajstić information content (AvgIpc) is 2.21. The van der Waals surface area contributed by atoms with Crippen molar-refractivity contribution in [2.45, 2.75) is 32.2 Å². The molecule has 1 fully saturated rings. The van der Waals surface area contributed by atoms with Gasteiger partial charge in [-0.2, -0.15) is 5.10 Å². The smallest absolute Gasteiger partial charge is 0.147 e. The molecule has 1 aliphatic carbocycles. The Labute approximate surface area is 78.1 Å². The molecule has 1 aromatic heterocycles. The normalized spacial score (nSPS) is 17.1. The van der Waals surface area contributed by atoms with Gasteiger partial charge in [-0.3, -0.25) is 4.68 Å². The van der Waals surface area contributed by atoms with Crippen LogP contribution in [0.5, 0.6) is 0 Å². The van der Waals surface area contributed by atoms with Crippen LogP contribution in [0.25, 0.3) is 0 Å². The van der Waals surface area contributed by atoms with Gasteiger partial charge in [0.25, 0.3) is 0 Å². The Morgan fingerprint density at radius 2 is 2.23 bits per heavy atom. The number of anilines is 2. The second-order valence-electron chi connectivity index (χ2n) is 3.74. The summed E-state index contributed by atoms with van der Waals surface area (Å²) in [6.45, 7) is 1.93. The van der Waals surface area contributed by atoms with E-state index in [9.17, 15) is 0 Å². The van der Waals surface area contributed by atoms with Crippen molar-refractivity contribution < 1.29 is 0 Å². The van der Waals surface area contributed by atoms with Gasteiger partial charge >= 0.3 is 0 Å². The van der Waals surface area contributed by atoms with Crippen molar-refractivity contribution in [3.05, 3.63) is 5.69 Å². The number of aromatic nitrogens is 2. The van der Waals surface area contributed by atoms with Gasteiger partial charge in [-0.25, -0.2) is 0 Å². The molecule has 0 spiro atoms. The number of hydrogen-bond donors (Lipinski definition) is 2. The number of nitrogens with zero attached hydrogens (tertiary/aromatic N) is 2. The number of rotatable bonds is 2. The lowest BCUT2D eigenvalue weighted by molar-refractivity contribution is 0.442. The molecule has 0 bridgehead atoms. The van der Waals surface area contributed by atoms with Crippen molar-refractivity contribution >= 4 is 11.5 Å². The van der Waals surface area contributed by atoms with E-state index in [4.69, 9.17) is 5.73 Å². The van der Waals surface area contributed by atoms with Gasteiger partial charge < -0.3 is 11.1 Å². The molecule has 72 valence electrons. The van der Waals surface area contributed by atoms with Crippen LogP contribution in [0.4, 0.5) is 11.5 Å². The van der Waals surface area contributed by atoms with Crippen molar-refractivity contribution in [1.82, 2.24) is 9.78 Å². The van der Waals surface area contributed by atoms with E-state index in [2.05, 4.69) is 10.4 Å². The Bertz CT molecular complexity index is 312. The van der Waals surface area contributed by atoms with E-state index < -0.39 is 0 Å². The van der Waals surface area contributed by atoms with Crippen LogP contribution >= 0.6 is 0 Å². The molecule has 0 saturated heterocycles. The maximum atomic E-state index is 5.88. The Kier molecular flexibility index (Phi) is 1.90. The lowest BCUT2D eigenvalue weighted by atomic mass is 9.93. The zero-order valence-electron chi connectivity index (χ0n) is 8.17. The average molecular weight is 180 g/mol. The summed E-state index contributed by atoms with van der Waals surface area (Å²) in [5.41, 5.74) is 7.58. The Hall–Kier alpha value is -1.19. The summed E-state index contributed by atoms with van der Waals surface area (Å²) in [5.74, 6) is 0.974. The van der Waals surface area contributed by atoms with E-state index in [-0.39, 0.29) is 0 Å². The predicted octanol–water partition coefficient (Wildman–Crippen LogP) is 1.28. The van der Waals surface area contributed by atoms with E-state index in [1.807, 2.05) is 18.7 Å². The highest BCUT2D eigenvalue weighted by atomic mass is 15.3. The molecule has 0 aliphatic heterocycles. The fraction of sp³-hybridized carbons (Fsp3) is 0.667. The van der Waals surface area contributed by atoms with Crippen molar-refractivity contribution in [2.75, 3.05) is 11.1 Å². The standard InChI is InChI=1S/C9H16N4/c1-6-8(10)9(13(2)12-6)11-7-4-3-5-7/h7,11H,3-5,10H2,1-2H3. The van der Waals surface area contributed by atoms with Crippen LogP contribution in [0, 0.1) is 6.92 Å². The van der Waals surface area contributed by atoms with Crippen LogP contribution in [0.3, 0.4) is 0 Å². The monoisotopic (exact) mass is 180 g/mol. The Morgan fingerprint density at radius 3 is 2.62 bits per heavy atom. The molecule has 2 rings (SSSR count). The summed E-state index contributed by atoms with van der Waals surface area (Å²) in [5, 5.41) is 7.66. The second kappa shape index (κ2) is 2.94. The maximum absolute atomic E-state index is 5.88. The molecule has 1 aromatic rings. The zero-order valence-corrected chi connectivity index (χ0v) is 8.17. The van der Waals surface area contributed by atoms with Gasteiger partial charge in [-0.15, -0.1) is 0 Å². The lowest BCUT2D eigenvalue weighted by Gasteiger charge is -2.27. The Balaban J connectivity index is 2.17. The third-order valence-electron chi connectivity index (χ3n) is 2.71. The van der Waals surface area contributed by atoms with E-state index in [0.29, 0.717) is 6.04 Å². The molecule has 0 radical (unpaired) electrons. The third kappa shape index (κ3) is 1.36. The molecule has 13 heavy (non-hydrogen) atoms. The first-order valence-corrected chi connectivity index (χ1v) is 4.74. The van der Waals surface area contributed by atoms with E-state index in [0.717, 1.165) is 17.2 Å². The van der Waals surface area contributed by atoms with Gasteiger partial charge in [0.1, 0.15) is 5.82 Å². The largest absolute Gasteiger partial charge is 0.394 e. The number of nitrogens with one attached hydrogen (secondary N) is 1. The minimum absolute atomic E-state index is 0.608. The lowest BCUT2D eigenvalue weighted by Crippen LogP contribution is -2.28. The van der Waals surface area contributed by atoms with Crippen LogP contribution in [-0.4, -0.2) is 15.8 Å². The Morgan fingerprint density at radius 1 is 1.54 bits per heavy atom. The minimum Gasteiger partial charge on any atom is -0.394 e. The highest BCUT2D eigenvalue weighted by Crippen LogP contribution is 2.27. The van der Waals surface area contributed by atoms with Crippen molar-refractivity contribution in [3.8, 4) is 0 Å². The number of hydrogen-bond acceptors (Lipinski definition) is 3. The first-order chi connectivity index (χ1) is 6.18. The molecular formula is C9H16N4. The quantitative estimate of drug-likeness (QED) is 0.720. The minimum atomic E-state index is 0.608. The third-order valence-corrected chi connectivity index (χ3v) is 2.71. The molecule has 4 nitrogen and oxygen atoms in total. The van der Waals surface area contributed by atoms with Gasteiger partial charge in [0.15, 0.2) is 0 Å². The van der Waals surface area contributed by atoms with Crippen molar-refractivity contribution in [3.63, 3.8) is 0 Å². The zero-order chi connectivity index (χ0) is 9.42. The van der Waals surface area contributed by atoms with E-state index >= 15 is 0 Å². The summed E-state index contributed by atoms with van der Waals surface area (Å²) in [6, 6.07) is 0.608. The van der Waals surface area contributed by atoms with Crippen LogP contribution in [-0.2, 0) is 7.05 Å². The van der Waals surface area contributed by atoms with Crippen LogP contribution in [0.1, 0.15) is 25.0 Å².